The normalized spacial score (nSPS) is 47.4. The lowest BCUT2D eigenvalue weighted by Crippen LogP contribution is -2.65. The second kappa shape index (κ2) is 5.94. The second-order valence-corrected chi connectivity index (χ2v) is 9.38. The monoisotopic (exact) mass is 350 g/mol. The van der Waals surface area contributed by atoms with Crippen molar-refractivity contribution in [2.45, 2.75) is 76.6 Å². The van der Waals surface area contributed by atoms with Gasteiger partial charge in [-0.15, -0.1) is 0 Å². The molecule has 140 valence electrons. The van der Waals surface area contributed by atoms with E-state index in [4.69, 9.17) is 15.0 Å². The van der Waals surface area contributed by atoms with Gasteiger partial charge in [0.25, 0.3) is 0 Å². The molecule has 2 saturated heterocycles. The predicted molar refractivity (Wildman–Crippen MR) is 95.0 cm³/mol. The summed E-state index contributed by atoms with van der Waals surface area (Å²) in [4.78, 5) is 11.3. The second-order valence-electron chi connectivity index (χ2n) is 9.38. The first-order valence-corrected chi connectivity index (χ1v) is 9.78. The van der Waals surface area contributed by atoms with Gasteiger partial charge >= 0.3 is 13.1 Å². The topological polar surface area (TPSA) is 93.8 Å². The van der Waals surface area contributed by atoms with Crippen LogP contribution >= 0.6 is 0 Å². The van der Waals surface area contributed by atoms with Gasteiger partial charge < -0.3 is 25.5 Å². The number of rotatable bonds is 5. The largest absolute Gasteiger partial charge is 0.480 e. The summed E-state index contributed by atoms with van der Waals surface area (Å²) in [6.07, 6.45) is 5.09. The number of nitrogens with two attached hydrogens (primary N) is 1. The van der Waals surface area contributed by atoms with Gasteiger partial charge in [-0.05, 0) is 49.8 Å². The lowest BCUT2D eigenvalue weighted by Gasteiger charge is -2.64. The molecule has 7 heteroatoms. The molecule has 3 aliphatic carbocycles. The Morgan fingerprint density at radius 2 is 2.12 bits per heavy atom. The number of carboxylic acids is 1. The predicted octanol–water partition coefficient (Wildman–Crippen LogP) is 1.49. The van der Waals surface area contributed by atoms with Crippen molar-refractivity contribution in [2.24, 2.45) is 28.9 Å². The minimum atomic E-state index is -0.799. The molecular formula is C18H31BN2O4. The van der Waals surface area contributed by atoms with Crippen molar-refractivity contribution in [3.63, 3.8) is 0 Å². The minimum absolute atomic E-state index is 0.0106. The lowest BCUT2D eigenvalue weighted by atomic mass is 9.43. The molecule has 4 N–H and O–H groups in total. The van der Waals surface area contributed by atoms with Gasteiger partial charge in [0.2, 0.25) is 0 Å². The molecule has 0 radical (unpaired) electrons. The van der Waals surface area contributed by atoms with E-state index < -0.39 is 12.0 Å². The molecule has 25 heavy (non-hydrogen) atoms. The van der Waals surface area contributed by atoms with Gasteiger partial charge in [0.15, 0.2) is 0 Å². The van der Waals surface area contributed by atoms with Gasteiger partial charge in [-0.1, -0.05) is 20.3 Å². The molecule has 5 aliphatic rings. The fourth-order valence-electron chi connectivity index (χ4n) is 6.06. The maximum Gasteiger partial charge on any atom is 0.457 e. The Morgan fingerprint density at radius 1 is 1.36 bits per heavy atom. The summed E-state index contributed by atoms with van der Waals surface area (Å²) in [5, 5.41) is 12.3. The van der Waals surface area contributed by atoms with Crippen molar-refractivity contribution < 1.29 is 19.2 Å². The molecule has 0 amide bonds. The van der Waals surface area contributed by atoms with E-state index in [9.17, 15) is 9.90 Å². The van der Waals surface area contributed by atoms with Crippen LogP contribution in [0, 0.1) is 23.2 Å². The van der Waals surface area contributed by atoms with E-state index in [0.717, 1.165) is 31.5 Å². The standard InChI is InChI=1S/C18H31BN2O4/c1-17(2)10-7-13(17)18(3)14(8-10)24-19(25-18)6-4-5-11-12(20)9-21-15(11)16(22)23/h10-15,21H,4-9,20H2,1-3H3,(H,22,23)/t10-,11?,12?,13-,14+,15+,18-/m1/s1. The summed E-state index contributed by atoms with van der Waals surface area (Å²) in [6.45, 7) is 7.54. The Kier molecular flexibility index (Phi) is 4.22. The van der Waals surface area contributed by atoms with Gasteiger partial charge in [-0.25, -0.2) is 0 Å². The SMILES string of the molecule is CC1(C)[C@H]2C[C@@H]3OB(CCCC4C(N)CN[C@@H]4C(=O)O)O[C@]3(C)[C@@H]1C2. The highest BCUT2D eigenvalue weighted by Crippen LogP contribution is 2.65. The van der Waals surface area contributed by atoms with E-state index >= 15 is 0 Å². The van der Waals surface area contributed by atoms with Crippen molar-refractivity contribution in [3.8, 4) is 0 Å². The molecule has 5 fully saturated rings. The molecule has 0 aromatic carbocycles. The van der Waals surface area contributed by atoms with E-state index in [0.29, 0.717) is 17.9 Å². The van der Waals surface area contributed by atoms with Gasteiger partial charge in [0.05, 0.1) is 11.7 Å². The van der Waals surface area contributed by atoms with Crippen LogP contribution in [0.2, 0.25) is 6.32 Å². The number of hydrogen-bond donors (Lipinski definition) is 3. The Morgan fingerprint density at radius 3 is 2.80 bits per heavy atom. The Balaban J connectivity index is 1.31. The summed E-state index contributed by atoms with van der Waals surface area (Å²) < 4.78 is 12.7. The molecule has 7 atom stereocenters. The van der Waals surface area contributed by atoms with E-state index in [1.54, 1.807) is 0 Å². The Labute approximate surface area is 150 Å². The molecule has 0 spiro atoms. The zero-order chi connectivity index (χ0) is 18.0. The Bertz CT molecular complexity index is 559. The third kappa shape index (κ3) is 2.66. The first-order valence-electron chi connectivity index (χ1n) is 9.78. The number of aliphatic carboxylic acids is 1. The molecule has 0 aromatic rings. The number of carbonyl (C=O) groups is 1. The van der Waals surface area contributed by atoms with Crippen LogP contribution in [-0.2, 0) is 14.1 Å². The molecule has 6 nitrogen and oxygen atoms in total. The fourth-order valence-corrected chi connectivity index (χ4v) is 6.06. The van der Waals surface area contributed by atoms with Crippen molar-refractivity contribution in [1.82, 2.24) is 5.32 Å². The molecule has 2 bridgehead atoms. The zero-order valence-corrected chi connectivity index (χ0v) is 15.5. The molecule has 3 saturated carbocycles. The van der Waals surface area contributed by atoms with Crippen molar-refractivity contribution >= 4 is 13.1 Å². The van der Waals surface area contributed by atoms with Crippen LogP contribution in [0.15, 0.2) is 0 Å². The number of hydrogen-bond acceptors (Lipinski definition) is 5. The summed E-state index contributed by atoms with van der Waals surface area (Å²) in [6, 6.07) is -0.604. The van der Waals surface area contributed by atoms with E-state index in [1.165, 1.54) is 6.42 Å². The van der Waals surface area contributed by atoms with Gasteiger partial charge in [0, 0.05) is 18.5 Å². The summed E-state index contributed by atoms with van der Waals surface area (Å²) in [7, 11) is -0.154. The molecule has 5 rings (SSSR count). The van der Waals surface area contributed by atoms with Crippen molar-refractivity contribution in [1.29, 1.82) is 0 Å². The third-order valence-electron chi connectivity index (χ3n) is 7.80. The summed E-state index contributed by atoms with van der Waals surface area (Å²) in [5.41, 5.74) is 6.29. The van der Waals surface area contributed by atoms with Gasteiger partial charge in [-0.3, -0.25) is 4.79 Å². The third-order valence-corrected chi connectivity index (χ3v) is 7.80. The van der Waals surface area contributed by atoms with E-state index in [-0.39, 0.29) is 30.8 Å². The average Bonchev–Trinajstić information content (AvgIpc) is 3.06. The van der Waals surface area contributed by atoms with Crippen LogP contribution < -0.4 is 11.1 Å². The van der Waals surface area contributed by atoms with Gasteiger partial charge in [0.1, 0.15) is 6.04 Å². The lowest BCUT2D eigenvalue weighted by molar-refractivity contribution is -0.199. The van der Waals surface area contributed by atoms with Crippen molar-refractivity contribution in [2.75, 3.05) is 6.54 Å². The van der Waals surface area contributed by atoms with Gasteiger partial charge in [-0.2, -0.15) is 0 Å². The average molecular weight is 350 g/mol. The quantitative estimate of drug-likeness (QED) is 0.651. The maximum atomic E-state index is 11.3. The number of carboxylic acid groups (broad SMARTS) is 1. The molecular weight excluding hydrogens is 319 g/mol. The fraction of sp³-hybridized carbons (Fsp3) is 0.944. The Hall–Kier alpha value is -0.625. The highest BCUT2D eigenvalue weighted by Gasteiger charge is 2.67. The van der Waals surface area contributed by atoms with Crippen LogP contribution in [-0.4, -0.2) is 48.5 Å². The molecule has 2 unspecified atom stereocenters. The summed E-state index contributed by atoms with van der Waals surface area (Å²) >= 11 is 0. The number of nitrogens with one attached hydrogen (secondary N) is 1. The summed E-state index contributed by atoms with van der Waals surface area (Å²) in [5.74, 6) is 0.532. The van der Waals surface area contributed by atoms with Crippen molar-refractivity contribution in [3.05, 3.63) is 0 Å². The first kappa shape index (κ1) is 17.8. The van der Waals surface area contributed by atoms with E-state index in [1.807, 2.05) is 0 Å². The van der Waals surface area contributed by atoms with Crippen LogP contribution in [0.5, 0.6) is 0 Å². The van der Waals surface area contributed by atoms with Crippen LogP contribution in [0.1, 0.15) is 46.5 Å². The molecule has 2 aliphatic heterocycles. The zero-order valence-electron chi connectivity index (χ0n) is 15.5. The van der Waals surface area contributed by atoms with Crippen LogP contribution in [0.3, 0.4) is 0 Å². The van der Waals surface area contributed by atoms with E-state index in [2.05, 4.69) is 26.1 Å². The highest BCUT2D eigenvalue weighted by atomic mass is 16.7. The smallest absolute Gasteiger partial charge is 0.457 e. The molecule has 0 aromatic heterocycles. The highest BCUT2D eigenvalue weighted by molar-refractivity contribution is 6.45. The minimum Gasteiger partial charge on any atom is -0.480 e. The first-order chi connectivity index (χ1) is 11.7. The van der Waals surface area contributed by atoms with Crippen LogP contribution in [0.25, 0.3) is 0 Å². The molecule has 2 heterocycles. The van der Waals surface area contributed by atoms with Crippen LogP contribution in [0.4, 0.5) is 0 Å². The maximum absolute atomic E-state index is 11.3.